The van der Waals surface area contributed by atoms with Crippen molar-refractivity contribution in [2.45, 2.75) is 24.7 Å². The Hall–Kier alpha value is -1.74. The summed E-state index contributed by atoms with van der Waals surface area (Å²) in [5, 5.41) is 9.16. The summed E-state index contributed by atoms with van der Waals surface area (Å²) < 4.78 is 42.7. The number of aromatic nitrogens is 1. The number of amides is 1. The quantitative estimate of drug-likeness (QED) is 0.876. The van der Waals surface area contributed by atoms with Crippen molar-refractivity contribution < 1.29 is 27.8 Å². The van der Waals surface area contributed by atoms with Gasteiger partial charge in [0.1, 0.15) is 11.9 Å². The van der Waals surface area contributed by atoms with Gasteiger partial charge in [-0.3, -0.25) is 0 Å². The number of nitrogens with zero attached hydrogens (tertiary/aromatic N) is 2. The number of hydrogen-bond donors (Lipinski definition) is 2. The van der Waals surface area contributed by atoms with Crippen molar-refractivity contribution >= 4 is 23.5 Å². The van der Waals surface area contributed by atoms with Gasteiger partial charge in [0.25, 0.3) is 0 Å². The molecule has 0 aromatic carbocycles. The highest BCUT2D eigenvalue weighted by Gasteiger charge is 2.37. The van der Waals surface area contributed by atoms with Crippen molar-refractivity contribution in [1.82, 2.24) is 4.98 Å². The highest BCUT2D eigenvalue weighted by molar-refractivity contribution is 6.33. The van der Waals surface area contributed by atoms with E-state index >= 15 is 0 Å². The van der Waals surface area contributed by atoms with E-state index < -0.39 is 30.0 Å². The third-order valence-electron chi connectivity index (χ3n) is 3.29. The van der Waals surface area contributed by atoms with E-state index in [4.69, 9.17) is 22.1 Å². The molecule has 2 atom stereocenters. The molecule has 10 heteroatoms. The van der Waals surface area contributed by atoms with Gasteiger partial charge in [-0.15, -0.1) is 0 Å². The molecule has 6 nitrogen and oxygen atoms in total. The van der Waals surface area contributed by atoms with Gasteiger partial charge in [-0.05, 0) is 6.07 Å². The number of alkyl halides is 3. The van der Waals surface area contributed by atoms with Gasteiger partial charge in [0.2, 0.25) is 0 Å². The topological polar surface area (TPSA) is 88.7 Å². The summed E-state index contributed by atoms with van der Waals surface area (Å²) in [5.41, 5.74) is 3.97. The number of aliphatic hydroxyl groups excluding tert-OH is 1. The van der Waals surface area contributed by atoms with Gasteiger partial charge in [0.15, 0.2) is 0 Å². The summed E-state index contributed by atoms with van der Waals surface area (Å²) >= 11 is 5.87. The molecule has 122 valence electrons. The van der Waals surface area contributed by atoms with Crippen molar-refractivity contribution in [1.29, 1.82) is 0 Å². The maximum Gasteiger partial charge on any atom is 0.417 e. The maximum absolute atomic E-state index is 12.6. The van der Waals surface area contributed by atoms with E-state index in [0.717, 1.165) is 6.07 Å². The molecule has 1 aliphatic heterocycles. The molecule has 22 heavy (non-hydrogen) atoms. The molecule has 1 aromatic rings. The van der Waals surface area contributed by atoms with Gasteiger partial charge in [-0.25, -0.2) is 9.78 Å². The standard InChI is InChI=1S/C12H13ClF3N3O3/c13-9-1-6(12(14,15)16)3-18-10(9)19-4-8(22-11(17)21)2-7(19)5-20/h1,3,7-8,20H,2,4-5H2,(H2,17,21)/t7-,8+/m0/s1. The first-order valence-electron chi connectivity index (χ1n) is 6.28. The van der Waals surface area contributed by atoms with Crippen molar-refractivity contribution in [3.8, 4) is 0 Å². The second-order valence-electron chi connectivity index (χ2n) is 4.81. The van der Waals surface area contributed by atoms with E-state index in [1.54, 1.807) is 0 Å². The normalized spacial score (nSPS) is 22.0. The fourth-order valence-corrected chi connectivity index (χ4v) is 2.63. The van der Waals surface area contributed by atoms with Gasteiger partial charge in [-0.2, -0.15) is 13.2 Å². The summed E-state index contributed by atoms with van der Waals surface area (Å²) in [6.45, 7) is -0.163. The number of hydrogen-bond acceptors (Lipinski definition) is 5. The number of halogens is 4. The molecule has 0 radical (unpaired) electrons. The average molecular weight is 340 g/mol. The number of aliphatic hydroxyl groups is 1. The lowest BCUT2D eigenvalue weighted by atomic mass is 10.2. The molecular weight excluding hydrogens is 327 g/mol. The van der Waals surface area contributed by atoms with E-state index in [1.165, 1.54) is 4.90 Å². The van der Waals surface area contributed by atoms with E-state index in [0.29, 0.717) is 6.20 Å². The molecule has 0 saturated carbocycles. The number of anilines is 1. The lowest BCUT2D eigenvalue weighted by molar-refractivity contribution is -0.137. The first-order chi connectivity index (χ1) is 10.2. The zero-order chi connectivity index (χ0) is 16.5. The fraction of sp³-hybridized carbons (Fsp3) is 0.500. The van der Waals surface area contributed by atoms with Gasteiger partial charge in [-0.1, -0.05) is 11.6 Å². The van der Waals surface area contributed by atoms with Crippen molar-refractivity contribution in [3.05, 3.63) is 22.8 Å². The van der Waals surface area contributed by atoms with Crippen LogP contribution < -0.4 is 10.6 Å². The molecule has 0 bridgehead atoms. The summed E-state index contributed by atoms with van der Waals surface area (Å²) in [7, 11) is 0. The van der Waals surface area contributed by atoms with Gasteiger partial charge < -0.3 is 20.5 Å². The average Bonchev–Trinajstić information content (AvgIpc) is 2.79. The van der Waals surface area contributed by atoms with Crippen LogP contribution in [0.3, 0.4) is 0 Å². The lowest BCUT2D eigenvalue weighted by Crippen LogP contribution is -2.33. The number of carbonyl (C=O) groups excluding carboxylic acids is 1. The molecule has 1 amide bonds. The number of nitrogens with two attached hydrogens (primary N) is 1. The predicted octanol–water partition coefficient (Wildman–Crippen LogP) is 1.79. The van der Waals surface area contributed by atoms with Crippen LogP contribution in [0.15, 0.2) is 12.3 Å². The Morgan fingerprint density at radius 3 is 2.77 bits per heavy atom. The zero-order valence-electron chi connectivity index (χ0n) is 11.2. The Balaban J connectivity index is 2.25. The van der Waals surface area contributed by atoms with Crippen LogP contribution in [0.2, 0.25) is 5.02 Å². The maximum atomic E-state index is 12.6. The summed E-state index contributed by atoms with van der Waals surface area (Å²) in [6, 6.07) is 0.284. The molecule has 2 rings (SSSR count). The Bertz CT molecular complexity index is 570. The van der Waals surface area contributed by atoms with Crippen LogP contribution in [-0.4, -0.2) is 41.5 Å². The minimum atomic E-state index is -4.55. The lowest BCUT2D eigenvalue weighted by Gasteiger charge is -2.25. The number of ether oxygens (including phenoxy) is 1. The smallest absolute Gasteiger partial charge is 0.417 e. The SMILES string of the molecule is NC(=O)O[C@@H]1C[C@@H](CO)N(c2ncc(C(F)(F)F)cc2Cl)C1. The third-order valence-corrected chi connectivity index (χ3v) is 3.57. The van der Waals surface area contributed by atoms with Crippen LogP contribution in [-0.2, 0) is 10.9 Å². The largest absolute Gasteiger partial charge is 0.444 e. The first kappa shape index (κ1) is 16.6. The van der Waals surface area contributed by atoms with Crippen LogP contribution >= 0.6 is 11.6 Å². The molecule has 0 unspecified atom stereocenters. The van der Waals surface area contributed by atoms with Crippen molar-refractivity contribution in [2.24, 2.45) is 5.73 Å². The molecule has 1 aliphatic rings. The summed E-state index contributed by atoms with van der Waals surface area (Å²) in [4.78, 5) is 16.0. The second kappa shape index (κ2) is 6.17. The van der Waals surface area contributed by atoms with E-state index in [9.17, 15) is 23.1 Å². The van der Waals surface area contributed by atoms with E-state index in [-0.39, 0.29) is 30.4 Å². The van der Waals surface area contributed by atoms with Crippen molar-refractivity contribution in [2.75, 3.05) is 18.1 Å². The highest BCUT2D eigenvalue weighted by Crippen LogP contribution is 2.36. The Labute approximate surface area is 128 Å². The van der Waals surface area contributed by atoms with Crippen LogP contribution in [0.5, 0.6) is 0 Å². The number of carbonyl (C=O) groups is 1. The summed E-state index contributed by atoms with van der Waals surface area (Å²) in [5.74, 6) is 0.0873. The second-order valence-corrected chi connectivity index (χ2v) is 5.22. The van der Waals surface area contributed by atoms with Crippen LogP contribution in [0.4, 0.5) is 23.8 Å². The molecular formula is C12H13ClF3N3O3. The van der Waals surface area contributed by atoms with Crippen molar-refractivity contribution in [3.63, 3.8) is 0 Å². The molecule has 0 spiro atoms. The Morgan fingerprint density at radius 1 is 1.59 bits per heavy atom. The van der Waals surface area contributed by atoms with Gasteiger partial charge in [0, 0.05) is 12.6 Å². The van der Waals surface area contributed by atoms with Gasteiger partial charge >= 0.3 is 12.3 Å². The highest BCUT2D eigenvalue weighted by atomic mass is 35.5. The molecule has 1 fully saturated rings. The van der Waals surface area contributed by atoms with Crippen LogP contribution in [0.25, 0.3) is 0 Å². The molecule has 0 aliphatic carbocycles. The Morgan fingerprint density at radius 2 is 2.27 bits per heavy atom. The van der Waals surface area contributed by atoms with Gasteiger partial charge in [0.05, 0.1) is 29.8 Å². The number of rotatable bonds is 3. The summed E-state index contributed by atoms with van der Waals surface area (Å²) in [6.07, 6.45) is -5.16. The monoisotopic (exact) mass is 339 g/mol. The first-order valence-corrected chi connectivity index (χ1v) is 6.66. The minimum Gasteiger partial charge on any atom is -0.444 e. The van der Waals surface area contributed by atoms with Crippen LogP contribution in [0, 0.1) is 0 Å². The Kier molecular flexibility index (Phi) is 4.66. The predicted molar refractivity (Wildman–Crippen MR) is 71.5 cm³/mol. The molecule has 1 aromatic heterocycles. The fourth-order valence-electron chi connectivity index (χ4n) is 2.35. The van der Waals surface area contributed by atoms with E-state index in [1.807, 2.05) is 0 Å². The zero-order valence-corrected chi connectivity index (χ0v) is 11.9. The van der Waals surface area contributed by atoms with E-state index in [2.05, 4.69) is 4.98 Å². The van der Waals surface area contributed by atoms with Crippen LogP contribution in [0.1, 0.15) is 12.0 Å². The molecule has 3 N–H and O–H groups in total. The molecule has 2 heterocycles. The number of pyridine rings is 1. The third kappa shape index (κ3) is 3.53. The molecule has 1 saturated heterocycles. The minimum absolute atomic E-state index is 0.0873. The number of primary amides is 1.